The van der Waals surface area contributed by atoms with Crippen LogP contribution < -0.4 is 5.73 Å². The van der Waals surface area contributed by atoms with Gasteiger partial charge in [-0.3, -0.25) is 0 Å². The van der Waals surface area contributed by atoms with E-state index in [2.05, 4.69) is 0 Å². The van der Waals surface area contributed by atoms with E-state index in [1.807, 2.05) is 20.8 Å². The van der Waals surface area contributed by atoms with Crippen molar-refractivity contribution < 1.29 is 9.53 Å². The average Bonchev–Trinajstić information content (AvgIpc) is 2.06. The lowest BCUT2D eigenvalue weighted by atomic mass is 10.1. The Morgan fingerprint density at radius 3 is 2.38 bits per heavy atom. The maximum Gasteiger partial charge on any atom is 0.338 e. The summed E-state index contributed by atoms with van der Waals surface area (Å²) in [7, 11) is 0. The van der Waals surface area contributed by atoms with Gasteiger partial charge in [0, 0.05) is 0 Å². The normalized spacial score (nSPS) is 10.5. The predicted octanol–water partition coefficient (Wildman–Crippen LogP) is 3.51. The highest BCUT2D eigenvalue weighted by Gasteiger charge is 2.18. The highest BCUT2D eigenvalue weighted by molar-refractivity contribution is 6.33. The van der Waals surface area contributed by atoms with Crippen molar-refractivity contribution in [3.63, 3.8) is 0 Å². The summed E-state index contributed by atoms with van der Waals surface area (Å²) in [5.74, 6) is -0.399. The number of halogens is 1. The van der Waals surface area contributed by atoms with Crippen LogP contribution in [0.15, 0.2) is 18.2 Å². The lowest BCUT2D eigenvalue weighted by Crippen LogP contribution is -2.23. The maximum atomic E-state index is 11.6. The standard InChI is InChI=1S/C11H14ClNO2.CH4/c1-11(2,3)15-10(14)7-4-5-9(13)8(12)6-7;/h4-6H,13H2,1-3H3;1H4. The molecule has 0 heterocycles. The molecule has 4 heteroatoms. The Morgan fingerprint density at radius 2 is 1.94 bits per heavy atom. The van der Waals surface area contributed by atoms with Gasteiger partial charge in [0.25, 0.3) is 0 Å². The van der Waals surface area contributed by atoms with Crippen molar-refractivity contribution in [1.29, 1.82) is 0 Å². The fraction of sp³-hybridized carbons (Fsp3) is 0.417. The van der Waals surface area contributed by atoms with Gasteiger partial charge >= 0.3 is 5.97 Å². The minimum atomic E-state index is -0.509. The van der Waals surface area contributed by atoms with Gasteiger partial charge < -0.3 is 10.5 Å². The molecule has 0 saturated heterocycles. The Hall–Kier alpha value is -1.22. The zero-order chi connectivity index (χ0) is 11.6. The molecule has 0 aliphatic carbocycles. The number of anilines is 1. The van der Waals surface area contributed by atoms with Crippen LogP contribution in [-0.4, -0.2) is 11.6 Å². The Morgan fingerprint density at radius 1 is 1.38 bits per heavy atom. The molecule has 1 rings (SSSR count). The Bertz CT molecular complexity index is 383. The fourth-order valence-corrected chi connectivity index (χ4v) is 1.17. The zero-order valence-electron chi connectivity index (χ0n) is 9.00. The molecule has 0 atom stereocenters. The van der Waals surface area contributed by atoms with Gasteiger partial charge in [0.15, 0.2) is 0 Å². The number of nitrogen functional groups attached to an aromatic ring is 1. The minimum absolute atomic E-state index is 0. The first-order valence-electron chi connectivity index (χ1n) is 4.58. The molecule has 0 unspecified atom stereocenters. The van der Waals surface area contributed by atoms with Crippen LogP contribution in [0.2, 0.25) is 5.02 Å². The molecule has 0 bridgehead atoms. The van der Waals surface area contributed by atoms with Crippen molar-refractivity contribution in [3.05, 3.63) is 28.8 Å². The van der Waals surface area contributed by atoms with E-state index in [0.29, 0.717) is 16.3 Å². The van der Waals surface area contributed by atoms with Crippen molar-refractivity contribution in [3.8, 4) is 0 Å². The van der Waals surface area contributed by atoms with Gasteiger partial charge in [-0.1, -0.05) is 19.0 Å². The third-order valence-electron chi connectivity index (χ3n) is 1.64. The Kier molecular flexibility index (Phi) is 4.81. The number of carbonyl (C=O) groups excluding carboxylic acids is 1. The Labute approximate surface area is 102 Å². The second-order valence-corrected chi connectivity index (χ2v) is 4.65. The largest absolute Gasteiger partial charge is 0.456 e. The van der Waals surface area contributed by atoms with Gasteiger partial charge in [-0.2, -0.15) is 0 Å². The van der Waals surface area contributed by atoms with Crippen LogP contribution in [0, 0.1) is 0 Å². The number of carbonyl (C=O) groups is 1. The number of ether oxygens (including phenoxy) is 1. The van der Waals surface area contributed by atoms with Gasteiger partial charge in [0.2, 0.25) is 0 Å². The summed E-state index contributed by atoms with van der Waals surface area (Å²) < 4.78 is 5.18. The lowest BCUT2D eigenvalue weighted by molar-refractivity contribution is 0.00696. The number of nitrogens with two attached hydrogens (primary N) is 1. The van der Waals surface area contributed by atoms with E-state index in [1.54, 1.807) is 12.1 Å². The van der Waals surface area contributed by atoms with Crippen LogP contribution in [0.25, 0.3) is 0 Å². The smallest absolute Gasteiger partial charge is 0.338 e. The van der Waals surface area contributed by atoms with Crippen LogP contribution in [0.5, 0.6) is 0 Å². The molecule has 90 valence electrons. The summed E-state index contributed by atoms with van der Waals surface area (Å²) in [6.45, 7) is 5.43. The van der Waals surface area contributed by atoms with E-state index in [9.17, 15) is 4.79 Å². The molecular formula is C12H18ClNO2. The quantitative estimate of drug-likeness (QED) is 0.607. The molecule has 0 fully saturated rings. The molecule has 0 radical (unpaired) electrons. The molecule has 0 amide bonds. The third kappa shape index (κ3) is 4.11. The first kappa shape index (κ1) is 14.8. The highest BCUT2D eigenvalue weighted by Crippen LogP contribution is 2.21. The van der Waals surface area contributed by atoms with E-state index < -0.39 is 11.6 Å². The number of hydrogen-bond donors (Lipinski definition) is 1. The summed E-state index contributed by atoms with van der Waals surface area (Å²) in [6.07, 6.45) is 0. The van der Waals surface area contributed by atoms with E-state index in [4.69, 9.17) is 22.1 Å². The molecule has 0 aliphatic rings. The number of esters is 1. The van der Waals surface area contributed by atoms with Crippen LogP contribution in [-0.2, 0) is 4.74 Å². The summed E-state index contributed by atoms with van der Waals surface area (Å²) in [4.78, 5) is 11.6. The summed E-state index contributed by atoms with van der Waals surface area (Å²) >= 11 is 5.80. The van der Waals surface area contributed by atoms with Gasteiger partial charge in [-0.15, -0.1) is 0 Å². The molecule has 1 aromatic carbocycles. The van der Waals surface area contributed by atoms with Gasteiger partial charge in [0.05, 0.1) is 16.3 Å². The molecule has 0 aliphatic heterocycles. The minimum Gasteiger partial charge on any atom is -0.456 e. The molecular weight excluding hydrogens is 226 g/mol. The fourth-order valence-electron chi connectivity index (χ4n) is 0.991. The van der Waals surface area contributed by atoms with E-state index in [0.717, 1.165) is 0 Å². The van der Waals surface area contributed by atoms with Crippen molar-refractivity contribution in [1.82, 2.24) is 0 Å². The molecule has 16 heavy (non-hydrogen) atoms. The summed E-state index contributed by atoms with van der Waals surface area (Å²) in [5, 5.41) is 0.360. The first-order chi connectivity index (χ1) is 6.79. The van der Waals surface area contributed by atoms with Crippen LogP contribution in [0.1, 0.15) is 38.6 Å². The van der Waals surface area contributed by atoms with E-state index >= 15 is 0 Å². The molecule has 0 aromatic heterocycles. The number of benzene rings is 1. The molecule has 0 spiro atoms. The first-order valence-corrected chi connectivity index (χ1v) is 4.96. The maximum absolute atomic E-state index is 11.6. The topological polar surface area (TPSA) is 52.3 Å². The molecule has 3 nitrogen and oxygen atoms in total. The number of rotatable bonds is 1. The van der Waals surface area contributed by atoms with Crippen molar-refractivity contribution >= 4 is 23.3 Å². The summed E-state index contributed by atoms with van der Waals surface area (Å²) in [6, 6.07) is 4.68. The summed E-state index contributed by atoms with van der Waals surface area (Å²) in [5.41, 5.74) is 5.88. The third-order valence-corrected chi connectivity index (χ3v) is 1.96. The van der Waals surface area contributed by atoms with Gasteiger partial charge in [-0.25, -0.2) is 4.79 Å². The number of hydrogen-bond acceptors (Lipinski definition) is 3. The van der Waals surface area contributed by atoms with E-state index in [-0.39, 0.29) is 7.43 Å². The van der Waals surface area contributed by atoms with Crippen molar-refractivity contribution in [2.75, 3.05) is 5.73 Å². The molecule has 2 N–H and O–H groups in total. The Balaban J connectivity index is 0.00000225. The van der Waals surface area contributed by atoms with Crippen molar-refractivity contribution in [2.24, 2.45) is 0 Å². The van der Waals surface area contributed by atoms with Gasteiger partial charge in [0.1, 0.15) is 5.60 Å². The van der Waals surface area contributed by atoms with Crippen LogP contribution in [0.4, 0.5) is 5.69 Å². The SMILES string of the molecule is C.CC(C)(C)OC(=O)c1ccc(N)c(Cl)c1. The second kappa shape index (κ2) is 5.21. The second-order valence-electron chi connectivity index (χ2n) is 4.24. The molecule has 1 aromatic rings. The monoisotopic (exact) mass is 243 g/mol. The van der Waals surface area contributed by atoms with Crippen LogP contribution in [0.3, 0.4) is 0 Å². The lowest BCUT2D eigenvalue weighted by Gasteiger charge is -2.19. The average molecular weight is 244 g/mol. The van der Waals surface area contributed by atoms with Crippen LogP contribution >= 0.6 is 11.6 Å². The zero-order valence-corrected chi connectivity index (χ0v) is 9.76. The highest BCUT2D eigenvalue weighted by atomic mass is 35.5. The van der Waals surface area contributed by atoms with E-state index in [1.165, 1.54) is 6.07 Å². The molecule has 0 saturated carbocycles. The van der Waals surface area contributed by atoms with Crippen molar-refractivity contribution in [2.45, 2.75) is 33.8 Å². The van der Waals surface area contributed by atoms with Gasteiger partial charge in [-0.05, 0) is 39.0 Å². The predicted molar refractivity (Wildman–Crippen MR) is 67.8 cm³/mol.